The number of halogens is 1. The average Bonchev–Trinajstić information content (AvgIpc) is 2.50. The maximum Gasteiger partial charge on any atom is 0.256 e. The van der Waals surface area contributed by atoms with Crippen molar-refractivity contribution in [3.8, 4) is 0 Å². The number of nitrogens with two attached hydrogens (primary N) is 1. The topological polar surface area (TPSA) is 46.3 Å². The summed E-state index contributed by atoms with van der Waals surface area (Å²) in [5.41, 5.74) is 8.00. The summed E-state index contributed by atoms with van der Waals surface area (Å²) in [4.78, 5) is 13.9. The molecule has 0 radical (unpaired) electrons. The fourth-order valence-electron chi connectivity index (χ4n) is 2.16. The van der Waals surface area contributed by atoms with Gasteiger partial charge in [0, 0.05) is 13.6 Å². The number of aryl methyl sites for hydroxylation is 1. The molecule has 1 amide bonds. The predicted molar refractivity (Wildman–Crippen MR) is 82.4 cm³/mol. The first-order chi connectivity index (χ1) is 10.0. The van der Waals surface area contributed by atoms with Crippen LogP contribution in [0.1, 0.15) is 28.4 Å². The van der Waals surface area contributed by atoms with Crippen molar-refractivity contribution in [2.45, 2.75) is 19.9 Å². The summed E-state index contributed by atoms with van der Waals surface area (Å²) < 4.78 is 13.4. The van der Waals surface area contributed by atoms with E-state index in [9.17, 15) is 9.18 Å². The molecule has 0 bridgehead atoms. The summed E-state index contributed by atoms with van der Waals surface area (Å²) in [5, 5.41) is 0. The van der Waals surface area contributed by atoms with Gasteiger partial charge in [0.2, 0.25) is 0 Å². The normalized spacial score (nSPS) is 10.4. The summed E-state index contributed by atoms with van der Waals surface area (Å²) in [7, 11) is 1.68. The molecule has 2 N–H and O–H groups in total. The standard InChI is InChI=1S/C17H19FN2O/c1-3-12-7-9-13(10-8-12)11-20(2)17(21)14-5-4-6-15(18)16(14)19/h4-10H,3,11,19H2,1-2H3. The molecule has 2 aromatic carbocycles. The van der Waals surface area contributed by atoms with Gasteiger partial charge in [0.05, 0.1) is 11.3 Å². The quantitative estimate of drug-likeness (QED) is 0.877. The van der Waals surface area contributed by atoms with Crippen LogP contribution in [0.2, 0.25) is 0 Å². The van der Waals surface area contributed by atoms with E-state index >= 15 is 0 Å². The van der Waals surface area contributed by atoms with Crippen LogP contribution in [0.5, 0.6) is 0 Å². The highest BCUT2D eigenvalue weighted by atomic mass is 19.1. The van der Waals surface area contributed by atoms with Crippen LogP contribution >= 0.6 is 0 Å². The van der Waals surface area contributed by atoms with E-state index < -0.39 is 5.82 Å². The number of hydrogen-bond donors (Lipinski definition) is 1. The van der Waals surface area contributed by atoms with Gasteiger partial charge >= 0.3 is 0 Å². The number of carbonyl (C=O) groups excluding carboxylic acids is 1. The highest BCUT2D eigenvalue weighted by Crippen LogP contribution is 2.18. The van der Waals surface area contributed by atoms with Gasteiger partial charge in [0.15, 0.2) is 0 Å². The fraction of sp³-hybridized carbons (Fsp3) is 0.235. The molecular formula is C17H19FN2O. The van der Waals surface area contributed by atoms with E-state index in [4.69, 9.17) is 5.73 Å². The van der Waals surface area contributed by atoms with Gasteiger partial charge in [-0.2, -0.15) is 0 Å². The van der Waals surface area contributed by atoms with Gasteiger partial charge in [-0.15, -0.1) is 0 Å². The van der Waals surface area contributed by atoms with Crippen LogP contribution in [0.3, 0.4) is 0 Å². The smallest absolute Gasteiger partial charge is 0.256 e. The second-order valence-electron chi connectivity index (χ2n) is 5.03. The maximum atomic E-state index is 13.4. The molecule has 0 saturated carbocycles. The lowest BCUT2D eigenvalue weighted by molar-refractivity contribution is 0.0785. The molecule has 0 heterocycles. The number of carbonyl (C=O) groups is 1. The van der Waals surface area contributed by atoms with Crippen molar-refractivity contribution in [1.29, 1.82) is 0 Å². The van der Waals surface area contributed by atoms with Gasteiger partial charge in [-0.25, -0.2) is 4.39 Å². The number of para-hydroxylation sites is 1. The van der Waals surface area contributed by atoms with Gasteiger partial charge in [0.25, 0.3) is 5.91 Å². The minimum absolute atomic E-state index is 0.101. The van der Waals surface area contributed by atoms with Gasteiger partial charge in [-0.05, 0) is 29.7 Å². The minimum atomic E-state index is -0.568. The summed E-state index contributed by atoms with van der Waals surface area (Å²) in [6.07, 6.45) is 0.981. The molecule has 0 spiro atoms. The Labute approximate surface area is 124 Å². The molecule has 3 nitrogen and oxygen atoms in total. The molecule has 0 aliphatic heterocycles. The zero-order valence-electron chi connectivity index (χ0n) is 12.3. The largest absolute Gasteiger partial charge is 0.396 e. The number of amides is 1. The lowest BCUT2D eigenvalue weighted by Crippen LogP contribution is -2.27. The molecule has 0 aromatic heterocycles. The summed E-state index contributed by atoms with van der Waals surface area (Å²) in [6.45, 7) is 2.55. The number of nitrogens with zero attached hydrogens (tertiary/aromatic N) is 1. The molecule has 0 saturated heterocycles. The third-order valence-electron chi connectivity index (χ3n) is 3.48. The Bertz CT molecular complexity index is 638. The first-order valence-corrected chi connectivity index (χ1v) is 6.90. The van der Waals surface area contributed by atoms with Crippen molar-refractivity contribution in [2.24, 2.45) is 0 Å². The number of nitrogen functional groups attached to an aromatic ring is 1. The van der Waals surface area contributed by atoms with Crippen LogP contribution in [-0.2, 0) is 13.0 Å². The zero-order chi connectivity index (χ0) is 15.4. The van der Waals surface area contributed by atoms with Crippen molar-refractivity contribution >= 4 is 11.6 Å². The van der Waals surface area contributed by atoms with E-state index in [1.54, 1.807) is 7.05 Å². The molecular weight excluding hydrogens is 267 g/mol. The number of hydrogen-bond acceptors (Lipinski definition) is 2. The highest BCUT2D eigenvalue weighted by molar-refractivity contribution is 5.99. The van der Waals surface area contributed by atoms with E-state index in [-0.39, 0.29) is 17.2 Å². The molecule has 0 aliphatic rings. The number of anilines is 1. The molecule has 2 rings (SSSR count). The first kappa shape index (κ1) is 15.0. The minimum Gasteiger partial charge on any atom is -0.396 e. The monoisotopic (exact) mass is 286 g/mol. The third-order valence-corrected chi connectivity index (χ3v) is 3.48. The van der Waals surface area contributed by atoms with Gasteiger partial charge < -0.3 is 10.6 Å². The Morgan fingerprint density at radius 2 is 1.76 bits per heavy atom. The molecule has 0 fully saturated rings. The van der Waals surface area contributed by atoms with Crippen molar-refractivity contribution in [2.75, 3.05) is 12.8 Å². The number of rotatable bonds is 4. The molecule has 0 atom stereocenters. The van der Waals surface area contributed by atoms with Gasteiger partial charge in [-0.3, -0.25) is 4.79 Å². The highest BCUT2D eigenvalue weighted by Gasteiger charge is 2.16. The zero-order valence-corrected chi connectivity index (χ0v) is 12.3. The Hall–Kier alpha value is -2.36. The van der Waals surface area contributed by atoms with Crippen LogP contribution in [0.15, 0.2) is 42.5 Å². The first-order valence-electron chi connectivity index (χ1n) is 6.90. The Balaban J connectivity index is 2.13. The van der Waals surface area contributed by atoms with E-state index in [0.717, 1.165) is 12.0 Å². The number of benzene rings is 2. The second kappa shape index (κ2) is 6.39. The molecule has 2 aromatic rings. The second-order valence-corrected chi connectivity index (χ2v) is 5.03. The van der Waals surface area contributed by atoms with E-state index in [2.05, 4.69) is 6.92 Å². The predicted octanol–water partition coefficient (Wildman–Crippen LogP) is 3.24. The van der Waals surface area contributed by atoms with Crippen LogP contribution in [-0.4, -0.2) is 17.9 Å². The van der Waals surface area contributed by atoms with Gasteiger partial charge in [0.1, 0.15) is 5.82 Å². The van der Waals surface area contributed by atoms with Crippen molar-refractivity contribution in [1.82, 2.24) is 4.90 Å². The Morgan fingerprint density at radius 1 is 1.14 bits per heavy atom. The third kappa shape index (κ3) is 3.40. The fourth-order valence-corrected chi connectivity index (χ4v) is 2.16. The van der Waals surface area contributed by atoms with E-state index in [1.807, 2.05) is 24.3 Å². The van der Waals surface area contributed by atoms with Crippen LogP contribution < -0.4 is 5.73 Å². The summed E-state index contributed by atoms with van der Waals surface area (Å²) in [5.74, 6) is -0.854. The molecule has 21 heavy (non-hydrogen) atoms. The lowest BCUT2D eigenvalue weighted by atomic mass is 10.1. The van der Waals surface area contributed by atoms with Crippen LogP contribution in [0.25, 0.3) is 0 Å². The van der Waals surface area contributed by atoms with Crippen LogP contribution in [0.4, 0.5) is 10.1 Å². The molecule has 4 heteroatoms. The van der Waals surface area contributed by atoms with Gasteiger partial charge in [-0.1, -0.05) is 37.3 Å². The Kier molecular flexibility index (Phi) is 4.58. The Morgan fingerprint density at radius 3 is 2.38 bits per heavy atom. The van der Waals surface area contributed by atoms with E-state index in [1.165, 1.54) is 28.7 Å². The summed E-state index contributed by atoms with van der Waals surface area (Å²) >= 11 is 0. The molecule has 110 valence electrons. The molecule has 0 unspecified atom stereocenters. The maximum absolute atomic E-state index is 13.4. The lowest BCUT2D eigenvalue weighted by Gasteiger charge is -2.18. The molecule has 0 aliphatic carbocycles. The van der Waals surface area contributed by atoms with Crippen molar-refractivity contribution in [3.05, 3.63) is 65.0 Å². The summed E-state index contributed by atoms with van der Waals surface area (Å²) in [6, 6.07) is 12.4. The van der Waals surface area contributed by atoms with E-state index in [0.29, 0.717) is 6.54 Å². The average molecular weight is 286 g/mol. The SMILES string of the molecule is CCc1ccc(CN(C)C(=O)c2cccc(F)c2N)cc1. The van der Waals surface area contributed by atoms with Crippen molar-refractivity contribution in [3.63, 3.8) is 0 Å². The van der Waals surface area contributed by atoms with Crippen LogP contribution in [0, 0.1) is 5.82 Å². The van der Waals surface area contributed by atoms with Crippen molar-refractivity contribution < 1.29 is 9.18 Å².